The largest absolute Gasteiger partial charge is 0.497 e. The molecule has 1 N–H and O–H groups in total. The van der Waals surface area contributed by atoms with E-state index in [1.807, 2.05) is 24.3 Å². The third kappa shape index (κ3) is 3.05. The molecule has 0 spiro atoms. The highest BCUT2D eigenvalue weighted by atomic mass is 79.9. The van der Waals surface area contributed by atoms with Crippen molar-refractivity contribution in [3.05, 3.63) is 58.2 Å². The number of hydrogen-bond donors (Lipinski definition) is 1. The van der Waals surface area contributed by atoms with Crippen molar-refractivity contribution in [1.29, 1.82) is 0 Å². The molecule has 7 heteroatoms. The molecule has 0 bridgehead atoms. The number of rotatable bonds is 3. The number of imide groups is 1. The van der Waals surface area contributed by atoms with Gasteiger partial charge in [-0.1, -0.05) is 15.9 Å². The molecule has 29 heavy (non-hydrogen) atoms. The summed E-state index contributed by atoms with van der Waals surface area (Å²) < 4.78 is 6.27. The summed E-state index contributed by atoms with van der Waals surface area (Å²) in [6.07, 6.45) is 1.05. The van der Waals surface area contributed by atoms with Crippen LogP contribution in [0.25, 0.3) is 10.9 Å². The van der Waals surface area contributed by atoms with E-state index in [1.54, 1.807) is 19.2 Å². The van der Waals surface area contributed by atoms with Crippen LogP contribution >= 0.6 is 15.9 Å². The lowest BCUT2D eigenvalue weighted by atomic mass is 10.0. The normalized spacial score (nSPS) is 19.8. The maximum atomic E-state index is 13.1. The van der Waals surface area contributed by atoms with Crippen molar-refractivity contribution >= 4 is 44.3 Å². The third-order valence-corrected chi connectivity index (χ3v) is 6.39. The number of amides is 2. The van der Waals surface area contributed by atoms with Crippen LogP contribution in [0.15, 0.2) is 46.9 Å². The zero-order valence-corrected chi connectivity index (χ0v) is 17.5. The van der Waals surface area contributed by atoms with Crippen LogP contribution in [0.3, 0.4) is 0 Å². The number of ether oxygens (including phenoxy) is 1. The van der Waals surface area contributed by atoms with Gasteiger partial charge in [0.2, 0.25) is 5.91 Å². The van der Waals surface area contributed by atoms with Crippen LogP contribution in [0.5, 0.6) is 5.75 Å². The number of hydrogen-bond acceptors (Lipinski definition) is 4. The van der Waals surface area contributed by atoms with Crippen LogP contribution < -0.4 is 9.64 Å². The van der Waals surface area contributed by atoms with Crippen molar-refractivity contribution in [3.63, 3.8) is 0 Å². The van der Waals surface area contributed by atoms with E-state index in [-0.39, 0.29) is 18.2 Å². The highest BCUT2D eigenvalue weighted by Crippen LogP contribution is 2.33. The Hall–Kier alpha value is -2.64. The summed E-state index contributed by atoms with van der Waals surface area (Å²) in [6.45, 7) is 1.37. The molecule has 1 fully saturated rings. The van der Waals surface area contributed by atoms with Crippen molar-refractivity contribution in [2.75, 3.05) is 18.6 Å². The summed E-state index contributed by atoms with van der Waals surface area (Å²) in [7, 11) is 1.67. The molecule has 6 nitrogen and oxygen atoms in total. The predicted octanol–water partition coefficient (Wildman–Crippen LogP) is 3.63. The van der Waals surface area contributed by atoms with Gasteiger partial charge in [-0.25, -0.2) is 4.90 Å². The Balaban J connectivity index is 1.41. The molecule has 2 aliphatic heterocycles. The Labute approximate surface area is 176 Å². The summed E-state index contributed by atoms with van der Waals surface area (Å²) >= 11 is 3.39. The van der Waals surface area contributed by atoms with E-state index in [4.69, 9.17) is 4.74 Å². The molecule has 1 atom stereocenters. The first-order valence-electron chi connectivity index (χ1n) is 9.59. The molecule has 2 amide bonds. The van der Waals surface area contributed by atoms with E-state index in [2.05, 4.69) is 31.9 Å². The number of halogens is 1. The summed E-state index contributed by atoms with van der Waals surface area (Å²) in [4.78, 5) is 32.6. The van der Waals surface area contributed by atoms with Crippen LogP contribution in [0.4, 0.5) is 5.69 Å². The number of aromatic nitrogens is 1. The highest BCUT2D eigenvalue weighted by Gasteiger charge is 2.43. The Bertz CT molecular complexity index is 1120. The summed E-state index contributed by atoms with van der Waals surface area (Å²) in [5.41, 5.74) is 4.09. The molecule has 0 saturated carbocycles. The van der Waals surface area contributed by atoms with Gasteiger partial charge in [0.15, 0.2) is 0 Å². The Morgan fingerprint density at radius 3 is 2.69 bits per heavy atom. The number of carbonyl (C=O) groups is 2. The van der Waals surface area contributed by atoms with Gasteiger partial charge in [0.1, 0.15) is 5.75 Å². The molecule has 0 unspecified atom stereocenters. The Kier molecular flexibility index (Phi) is 4.44. The number of methoxy groups -OCH3 is 1. The van der Waals surface area contributed by atoms with E-state index in [0.717, 1.165) is 34.4 Å². The first kappa shape index (κ1) is 18.4. The van der Waals surface area contributed by atoms with Crippen molar-refractivity contribution in [3.8, 4) is 5.75 Å². The SMILES string of the molecule is COc1ccc2[nH]c3c(c2c1)CCN([C@@H]1CC(=O)N(c2ccc(Br)cc2)C1=O)C3. The molecule has 2 aliphatic rings. The quantitative estimate of drug-likeness (QED) is 0.614. The molecular weight excluding hydrogens is 434 g/mol. The van der Waals surface area contributed by atoms with Crippen LogP contribution in [0, 0.1) is 0 Å². The van der Waals surface area contributed by atoms with E-state index in [1.165, 1.54) is 15.8 Å². The summed E-state index contributed by atoms with van der Waals surface area (Å²) in [5, 5.41) is 1.17. The van der Waals surface area contributed by atoms with Crippen molar-refractivity contribution in [2.24, 2.45) is 0 Å². The molecule has 0 aliphatic carbocycles. The second-order valence-corrected chi connectivity index (χ2v) is 8.39. The van der Waals surface area contributed by atoms with Gasteiger partial charge in [-0.15, -0.1) is 0 Å². The van der Waals surface area contributed by atoms with Crippen molar-refractivity contribution in [2.45, 2.75) is 25.4 Å². The Morgan fingerprint density at radius 1 is 1.14 bits per heavy atom. The smallest absolute Gasteiger partial charge is 0.251 e. The minimum atomic E-state index is -0.416. The maximum absolute atomic E-state index is 13.1. The first-order chi connectivity index (χ1) is 14.0. The molecule has 148 valence electrons. The van der Waals surface area contributed by atoms with Gasteiger partial charge in [0, 0.05) is 34.2 Å². The molecule has 2 aromatic carbocycles. The van der Waals surface area contributed by atoms with Crippen molar-refractivity contribution < 1.29 is 14.3 Å². The molecule has 0 radical (unpaired) electrons. The van der Waals surface area contributed by atoms with Crippen LogP contribution in [-0.2, 0) is 22.6 Å². The standard InChI is InChI=1S/C22H20BrN3O3/c1-29-15-6-7-18-17(10-15)16-8-9-25(12-19(16)24-18)20-11-21(27)26(22(20)28)14-4-2-13(23)3-5-14/h2-7,10,20,24H,8-9,11-12H2,1H3/t20-/m1/s1. The van der Waals surface area contributed by atoms with Crippen LogP contribution in [-0.4, -0.2) is 41.4 Å². The lowest BCUT2D eigenvalue weighted by Gasteiger charge is -2.30. The van der Waals surface area contributed by atoms with Gasteiger partial charge in [-0.2, -0.15) is 0 Å². The maximum Gasteiger partial charge on any atom is 0.251 e. The lowest BCUT2D eigenvalue weighted by molar-refractivity contribution is -0.123. The van der Waals surface area contributed by atoms with Crippen LogP contribution in [0.2, 0.25) is 0 Å². The lowest BCUT2D eigenvalue weighted by Crippen LogP contribution is -2.44. The second kappa shape index (κ2) is 7.00. The fourth-order valence-electron chi connectivity index (χ4n) is 4.40. The van der Waals surface area contributed by atoms with Gasteiger partial charge >= 0.3 is 0 Å². The fourth-order valence-corrected chi connectivity index (χ4v) is 4.66. The molecule has 5 rings (SSSR count). The van der Waals surface area contributed by atoms with Gasteiger partial charge in [0.25, 0.3) is 5.91 Å². The molecular formula is C22H20BrN3O3. The monoisotopic (exact) mass is 453 g/mol. The minimum absolute atomic E-state index is 0.140. The topological polar surface area (TPSA) is 65.6 Å². The van der Waals surface area contributed by atoms with Gasteiger partial charge in [-0.05, 0) is 54.4 Å². The number of aromatic amines is 1. The Morgan fingerprint density at radius 2 is 1.93 bits per heavy atom. The van der Waals surface area contributed by atoms with Gasteiger partial charge in [-0.3, -0.25) is 14.5 Å². The number of benzene rings is 2. The number of carbonyl (C=O) groups excluding carboxylic acids is 2. The number of fused-ring (bicyclic) bond motifs is 3. The second-order valence-electron chi connectivity index (χ2n) is 7.48. The molecule has 1 saturated heterocycles. The van der Waals surface area contributed by atoms with E-state index >= 15 is 0 Å². The first-order valence-corrected chi connectivity index (χ1v) is 10.4. The molecule has 1 aromatic heterocycles. The zero-order valence-electron chi connectivity index (χ0n) is 15.9. The number of nitrogens with one attached hydrogen (secondary N) is 1. The van der Waals surface area contributed by atoms with E-state index in [0.29, 0.717) is 12.2 Å². The van der Waals surface area contributed by atoms with Crippen LogP contribution in [0.1, 0.15) is 17.7 Å². The summed E-state index contributed by atoms with van der Waals surface area (Å²) in [5.74, 6) is 0.552. The number of anilines is 1. The van der Waals surface area contributed by atoms with Crippen molar-refractivity contribution in [1.82, 2.24) is 9.88 Å². The van der Waals surface area contributed by atoms with E-state index < -0.39 is 6.04 Å². The number of H-pyrrole nitrogens is 1. The fraction of sp³-hybridized carbons (Fsp3) is 0.273. The van der Waals surface area contributed by atoms with Gasteiger partial charge in [0.05, 0.1) is 25.3 Å². The molecule has 3 heterocycles. The zero-order chi connectivity index (χ0) is 20.1. The number of nitrogens with zero attached hydrogens (tertiary/aromatic N) is 2. The van der Waals surface area contributed by atoms with E-state index in [9.17, 15) is 9.59 Å². The third-order valence-electron chi connectivity index (χ3n) is 5.86. The minimum Gasteiger partial charge on any atom is -0.497 e. The summed E-state index contributed by atoms with van der Waals surface area (Å²) in [6, 6.07) is 12.9. The predicted molar refractivity (Wildman–Crippen MR) is 114 cm³/mol. The van der Waals surface area contributed by atoms with Gasteiger partial charge < -0.3 is 9.72 Å². The molecule has 3 aromatic rings. The average Bonchev–Trinajstić information content (AvgIpc) is 3.24. The highest BCUT2D eigenvalue weighted by molar-refractivity contribution is 9.10. The average molecular weight is 454 g/mol.